The van der Waals surface area contributed by atoms with Crippen LogP contribution in [-0.2, 0) is 0 Å². The molecule has 0 atom stereocenters. The van der Waals surface area contributed by atoms with Crippen LogP contribution < -0.4 is 5.73 Å². The zero-order valence-electron chi connectivity index (χ0n) is 11.7. The van der Waals surface area contributed by atoms with E-state index in [0.717, 1.165) is 32.5 Å². The maximum atomic E-state index is 5.80. The van der Waals surface area contributed by atoms with Gasteiger partial charge in [-0.1, -0.05) is 22.0 Å². The lowest BCUT2D eigenvalue weighted by Gasteiger charge is -2.09. The Bertz CT molecular complexity index is 810. The number of hydrogen-bond donors (Lipinski definition) is 1. The second kappa shape index (κ2) is 5.29. The summed E-state index contributed by atoms with van der Waals surface area (Å²) in [5.41, 5.74) is 10.6. The van der Waals surface area contributed by atoms with Gasteiger partial charge in [-0.2, -0.15) is 4.68 Å². The molecule has 0 unspecified atom stereocenters. The van der Waals surface area contributed by atoms with E-state index in [-0.39, 0.29) is 0 Å². The van der Waals surface area contributed by atoms with Gasteiger partial charge in [-0.15, -0.1) is 5.10 Å². The summed E-state index contributed by atoms with van der Waals surface area (Å²) in [5, 5.41) is 12.1. The summed E-state index contributed by atoms with van der Waals surface area (Å²) >= 11 is 3.54. The van der Waals surface area contributed by atoms with Gasteiger partial charge in [-0.3, -0.25) is 0 Å². The van der Waals surface area contributed by atoms with Crippen LogP contribution in [0.4, 0.5) is 5.69 Å². The Morgan fingerprint density at radius 1 is 1.05 bits per heavy atom. The monoisotopic (exact) mass is 343 g/mol. The van der Waals surface area contributed by atoms with Crippen molar-refractivity contribution in [1.82, 2.24) is 20.2 Å². The number of nitrogens with two attached hydrogens (primary N) is 1. The normalized spacial score (nSPS) is 10.8. The molecule has 3 aromatic rings. The molecule has 106 valence electrons. The summed E-state index contributed by atoms with van der Waals surface area (Å²) in [6, 6.07) is 11.7. The molecule has 0 amide bonds. The Morgan fingerprint density at radius 3 is 2.57 bits per heavy atom. The summed E-state index contributed by atoms with van der Waals surface area (Å²) < 4.78 is 2.75. The molecular formula is C15H14BrN5. The second-order valence-corrected chi connectivity index (χ2v) is 5.78. The van der Waals surface area contributed by atoms with Crippen molar-refractivity contribution in [3.8, 4) is 17.1 Å². The minimum absolute atomic E-state index is 0.697. The first-order valence-corrected chi connectivity index (χ1v) is 7.27. The highest BCUT2D eigenvalue weighted by Gasteiger charge is 2.13. The van der Waals surface area contributed by atoms with Gasteiger partial charge >= 0.3 is 0 Å². The van der Waals surface area contributed by atoms with Gasteiger partial charge in [0.2, 0.25) is 0 Å². The van der Waals surface area contributed by atoms with E-state index in [1.807, 2.05) is 50.2 Å². The van der Waals surface area contributed by atoms with Gasteiger partial charge in [-0.25, -0.2) is 0 Å². The first-order chi connectivity index (χ1) is 10.1. The number of aromatic nitrogens is 4. The molecule has 2 N–H and O–H groups in total. The summed E-state index contributed by atoms with van der Waals surface area (Å²) in [5.74, 6) is 0.697. The van der Waals surface area contributed by atoms with Crippen LogP contribution in [0.3, 0.4) is 0 Å². The Labute approximate surface area is 130 Å². The number of benzene rings is 2. The minimum Gasteiger partial charge on any atom is -0.399 e. The van der Waals surface area contributed by atoms with Crippen LogP contribution in [0.5, 0.6) is 0 Å². The lowest BCUT2D eigenvalue weighted by molar-refractivity contribution is 0.790. The zero-order valence-corrected chi connectivity index (χ0v) is 13.3. The fraction of sp³-hybridized carbons (Fsp3) is 0.133. The average molecular weight is 344 g/mol. The molecule has 3 rings (SSSR count). The topological polar surface area (TPSA) is 69.6 Å². The van der Waals surface area contributed by atoms with Crippen molar-refractivity contribution >= 4 is 21.6 Å². The fourth-order valence-electron chi connectivity index (χ4n) is 2.18. The third-order valence-corrected chi connectivity index (χ3v) is 4.22. The molecule has 0 saturated heterocycles. The number of nitrogen functional groups attached to an aromatic ring is 1. The quantitative estimate of drug-likeness (QED) is 0.725. The Morgan fingerprint density at radius 2 is 1.86 bits per heavy atom. The maximum Gasteiger partial charge on any atom is 0.187 e. The molecule has 0 bridgehead atoms. The molecule has 2 aromatic carbocycles. The molecule has 5 nitrogen and oxygen atoms in total. The Balaban J connectivity index is 2.14. The third kappa shape index (κ3) is 2.54. The molecule has 0 radical (unpaired) electrons. The molecule has 0 aliphatic heterocycles. The van der Waals surface area contributed by atoms with Crippen LogP contribution in [0.25, 0.3) is 17.1 Å². The summed E-state index contributed by atoms with van der Waals surface area (Å²) in [7, 11) is 0. The van der Waals surface area contributed by atoms with Crippen LogP contribution in [-0.4, -0.2) is 20.2 Å². The van der Waals surface area contributed by atoms with Crippen LogP contribution in [0.15, 0.2) is 40.9 Å². The molecule has 21 heavy (non-hydrogen) atoms. The number of anilines is 1. The highest BCUT2D eigenvalue weighted by molar-refractivity contribution is 9.10. The first-order valence-electron chi connectivity index (χ1n) is 6.47. The smallest absolute Gasteiger partial charge is 0.187 e. The zero-order chi connectivity index (χ0) is 15.0. The van der Waals surface area contributed by atoms with Crippen molar-refractivity contribution in [3.05, 3.63) is 52.0 Å². The van der Waals surface area contributed by atoms with Crippen LogP contribution in [0.1, 0.15) is 11.1 Å². The average Bonchev–Trinajstić information content (AvgIpc) is 2.91. The van der Waals surface area contributed by atoms with E-state index in [4.69, 9.17) is 5.73 Å². The standard InChI is InChI=1S/C15H14BrN5/c1-9-3-5-12(8-14(9)16)21-15(18-19-20-21)13-6-4-11(17)7-10(13)2/h3-8H,17H2,1-2H3. The van der Waals surface area contributed by atoms with Gasteiger partial charge in [-0.05, 0) is 65.7 Å². The third-order valence-electron chi connectivity index (χ3n) is 3.36. The van der Waals surface area contributed by atoms with E-state index in [9.17, 15) is 0 Å². The van der Waals surface area contributed by atoms with E-state index in [2.05, 4.69) is 31.5 Å². The van der Waals surface area contributed by atoms with Gasteiger partial charge in [0.1, 0.15) is 0 Å². The van der Waals surface area contributed by atoms with Crippen LogP contribution in [0.2, 0.25) is 0 Å². The maximum absolute atomic E-state index is 5.80. The van der Waals surface area contributed by atoms with Crippen LogP contribution >= 0.6 is 15.9 Å². The van der Waals surface area contributed by atoms with Gasteiger partial charge < -0.3 is 5.73 Å². The van der Waals surface area contributed by atoms with Gasteiger partial charge in [0, 0.05) is 15.7 Å². The number of nitrogens with zero attached hydrogens (tertiary/aromatic N) is 4. The Kier molecular flexibility index (Phi) is 3.47. The van der Waals surface area contributed by atoms with Crippen molar-refractivity contribution in [2.24, 2.45) is 0 Å². The van der Waals surface area contributed by atoms with Crippen molar-refractivity contribution in [1.29, 1.82) is 0 Å². The molecule has 0 aliphatic carbocycles. The molecule has 0 aliphatic rings. The van der Waals surface area contributed by atoms with Crippen molar-refractivity contribution < 1.29 is 0 Å². The lowest BCUT2D eigenvalue weighted by Crippen LogP contribution is -2.01. The highest BCUT2D eigenvalue weighted by Crippen LogP contribution is 2.26. The fourth-order valence-corrected chi connectivity index (χ4v) is 2.55. The van der Waals surface area contributed by atoms with E-state index < -0.39 is 0 Å². The minimum atomic E-state index is 0.697. The molecule has 6 heteroatoms. The molecule has 0 fully saturated rings. The van der Waals surface area contributed by atoms with Crippen LogP contribution in [0, 0.1) is 13.8 Å². The number of tetrazole rings is 1. The van der Waals surface area contributed by atoms with Gasteiger partial charge in [0.25, 0.3) is 0 Å². The largest absolute Gasteiger partial charge is 0.399 e. The summed E-state index contributed by atoms with van der Waals surface area (Å²) in [4.78, 5) is 0. The van der Waals surface area contributed by atoms with Gasteiger partial charge in [0.05, 0.1) is 5.69 Å². The van der Waals surface area contributed by atoms with Crippen molar-refractivity contribution in [2.75, 3.05) is 5.73 Å². The number of rotatable bonds is 2. The van der Waals surface area contributed by atoms with E-state index in [1.54, 1.807) is 4.68 Å². The lowest BCUT2D eigenvalue weighted by atomic mass is 10.1. The summed E-state index contributed by atoms with van der Waals surface area (Å²) in [6.45, 7) is 4.04. The van der Waals surface area contributed by atoms with Crippen molar-refractivity contribution in [2.45, 2.75) is 13.8 Å². The predicted octanol–water partition coefficient (Wildman–Crippen LogP) is 3.29. The first kappa shape index (κ1) is 13.8. The number of hydrogen-bond acceptors (Lipinski definition) is 4. The molecule has 1 heterocycles. The van der Waals surface area contributed by atoms with Crippen molar-refractivity contribution in [3.63, 3.8) is 0 Å². The van der Waals surface area contributed by atoms with E-state index in [1.165, 1.54) is 0 Å². The number of aryl methyl sites for hydroxylation is 2. The molecular weight excluding hydrogens is 330 g/mol. The highest BCUT2D eigenvalue weighted by atomic mass is 79.9. The predicted molar refractivity (Wildman–Crippen MR) is 86.2 cm³/mol. The SMILES string of the molecule is Cc1ccc(-n2nnnc2-c2ccc(N)cc2C)cc1Br. The molecule has 0 saturated carbocycles. The van der Waals surface area contributed by atoms with E-state index in [0.29, 0.717) is 5.82 Å². The summed E-state index contributed by atoms with van der Waals surface area (Å²) in [6.07, 6.45) is 0. The van der Waals surface area contributed by atoms with E-state index >= 15 is 0 Å². The number of halogens is 1. The Hall–Kier alpha value is -2.21. The molecule has 1 aromatic heterocycles. The second-order valence-electron chi connectivity index (χ2n) is 4.92. The molecule has 0 spiro atoms. The van der Waals surface area contributed by atoms with Gasteiger partial charge in [0.15, 0.2) is 5.82 Å².